The van der Waals surface area contributed by atoms with Crippen LogP contribution in [0.25, 0.3) is 43.6 Å². The molecule has 0 aliphatic heterocycles. The Labute approximate surface area is 219 Å². The molecule has 0 spiro atoms. The fourth-order valence-electron chi connectivity index (χ4n) is 5.19. The predicted octanol–water partition coefficient (Wildman–Crippen LogP) is 7.99. The quantitative estimate of drug-likeness (QED) is 0.206. The van der Waals surface area contributed by atoms with E-state index >= 15 is 0 Å². The first-order valence-corrected chi connectivity index (χ1v) is 12.7. The van der Waals surface area contributed by atoms with Crippen LogP contribution in [0, 0.1) is 11.3 Å². The van der Waals surface area contributed by atoms with Crippen molar-refractivity contribution in [3.8, 4) is 6.07 Å². The van der Waals surface area contributed by atoms with Crippen LogP contribution in [0.15, 0.2) is 84.9 Å². The second-order valence-electron chi connectivity index (χ2n) is 9.16. The van der Waals surface area contributed by atoms with Gasteiger partial charge in [-0.25, -0.2) is 0 Å². The lowest BCUT2D eigenvalue weighted by atomic mass is 10.1. The van der Waals surface area contributed by atoms with Crippen LogP contribution in [0.4, 0.5) is 8.78 Å². The number of para-hydroxylation sites is 2. The van der Waals surface area contributed by atoms with Crippen LogP contribution >= 0.6 is 0 Å². The summed E-state index contributed by atoms with van der Waals surface area (Å²) in [5.74, 6) is 0. The lowest BCUT2D eigenvalue weighted by Crippen LogP contribution is -1.98. The van der Waals surface area contributed by atoms with E-state index in [0.717, 1.165) is 49.9 Å². The molecule has 0 atom stereocenters. The summed E-state index contributed by atoms with van der Waals surface area (Å²) in [6, 6.07) is 29.6. The molecule has 6 aromatic rings. The van der Waals surface area contributed by atoms with Gasteiger partial charge in [0.15, 0.2) is 0 Å². The van der Waals surface area contributed by atoms with Gasteiger partial charge in [0.2, 0.25) is 0 Å². The lowest BCUT2D eigenvalue weighted by Gasteiger charge is -2.05. The van der Waals surface area contributed by atoms with Gasteiger partial charge in [-0.05, 0) is 61.4 Å². The molecule has 2 aromatic heterocycles. The average Bonchev–Trinajstić information content (AvgIpc) is 3.46. The van der Waals surface area contributed by atoms with E-state index in [0.29, 0.717) is 37.1 Å². The number of hydrogen-bond donors (Lipinski definition) is 0. The van der Waals surface area contributed by atoms with Gasteiger partial charge in [0.25, 0.3) is 0 Å². The topological polar surface area (TPSA) is 50.7 Å². The van der Waals surface area contributed by atoms with Crippen LogP contribution in [-0.4, -0.2) is 28.8 Å². The number of benzene rings is 4. The zero-order chi connectivity index (χ0) is 26.5. The number of nitriles is 1. The van der Waals surface area contributed by atoms with Crippen molar-refractivity contribution >= 4 is 49.9 Å². The fraction of sp³-hybridized carbons (Fsp3) is 0.188. The number of aryl methyl sites for hydroxylation is 2. The minimum atomic E-state index is -0.319. The van der Waals surface area contributed by atoms with Gasteiger partial charge in [-0.3, -0.25) is 13.6 Å². The van der Waals surface area contributed by atoms with Gasteiger partial charge in [0, 0.05) is 62.3 Å². The van der Waals surface area contributed by atoms with E-state index in [2.05, 4.69) is 15.2 Å². The zero-order valence-electron chi connectivity index (χ0n) is 20.9. The first-order chi connectivity index (χ1) is 18.7. The van der Waals surface area contributed by atoms with Crippen LogP contribution < -0.4 is 0 Å². The number of fused-ring (bicyclic) bond motifs is 6. The summed E-state index contributed by atoms with van der Waals surface area (Å²) in [5, 5.41) is 13.4. The standard InChI is InChI=1S/C16H13FN2.C16H14FNO/c17-8-3-9-19-15-5-2-1-4-13(15)14-10-12(11-18)6-7-16(14)19;17-8-3-9-18-15-5-2-1-4-13(15)14-10-12(11-19)6-7-16(14)18/h1-2,4-7,10H,3,8-9H2;1-2,4-7,10-11H,3,8-9H2. The van der Waals surface area contributed by atoms with Crippen LogP contribution in [0.1, 0.15) is 28.8 Å². The van der Waals surface area contributed by atoms with Gasteiger partial charge in [0.05, 0.1) is 25.0 Å². The first kappa shape index (κ1) is 25.2. The molecule has 0 bridgehead atoms. The highest BCUT2D eigenvalue weighted by Crippen LogP contribution is 2.31. The predicted molar refractivity (Wildman–Crippen MR) is 150 cm³/mol. The molecule has 0 saturated carbocycles. The molecule has 6 rings (SSSR count). The molecule has 0 saturated heterocycles. The first-order valence-electron chi connectivity index (χ1n) is 12.7. The third-order valence-corrected chi connectivity index (χ3v) is 6.86. The van der Waals surface area contributed by atoms with E-state index in [-0.39, 0.29) is 13.3 Å². The van der Waals surface area contributed by atoms with Gasteiger partial charge >= 0.3 is 0 Å². The van der Waals surface area contributed by atoms with Crippen molar-refractivity contribution in [1.29, 1.82) is 5.26 Å². The Balaban J connectivity index is 0.000000155. The van der Waals surface area contributed by atoms with Crippen LogP contribution in [-0.2, 0) is 13.1 Å². The van der Waals surface area contributed by atoms with E-state index < -0.39 is 0 Å². The summed E-state index contributed by atoms with van der Waals surface area (Å²) in [7, 11) is 0. The van der Waals surface area contributed by atoms with E-state index in [1.807, 2.05) is 78.9 Å². The van der Waals surface area contributed by atoms with E-state index in [4.69, 9.17) is 5.26 Å². The maximum atomic E-state index is 12.4. The van der Waals surface area contributed by atoms with Crippen LogP contribution in [0.5, 0.6) is 0 Å². The zero-order valence-corrected chi connectivity index (χ0v) is 20.9. The average molecular weight is 508 g/mol. The molecule has 0 unspecified atom stereocenters. The van der Waals surface area contributed by atoms with Crippen molar-refractivity contribution in [2.75, 3.05) is 13.3 Å². The highest BCUT2D eigenvalue weighted by atomic mass is 19.1. The molecule has 0 N–H and O–H groups in total. The molecule has 4 nitrogen and oxygen atoms in total. The number of carbonyl (C=O) groups is 1. The largest absolute Gasteiger partial charge is 0.340 e. The van der Waals surface area contributed by atoms with Crippen LogP contribution in [0.2, 0.25) is 0 Å². The van der Waals surface area contributed by atoms with Crippen LogP contribution in [0.3, 0.4) is 0 Å². The van der Waals surface area contributed by atoms with Crippen molar-refractivity contribution in [1.82, 2.24) is 9.13 Å². The fourth-order valence-corrected chi connectivity index (χ4v) is 5.19. The summed E-state index contributed by atoms with van der Waals surface area (Å²) in [5.41, 5.74) is 5.63. The number of alkyl halides is 2. The lowest BCUT2D eigenvalue weighted by molar-refractivity contribution is 0.112. The Bertz CT molecular complexity index is 1790. The molecule has 0 aliphatic rings. The molecule has 0 radical (unpaired) electrons. The second kappa shape index (κ2) is 11.3. The monoisotopic (exact) mass is 507 g/mol. The Morgan fingerprint density at radius 2 is 1.16 bits per heavy atom. The maximum Gasteiger partial charge on any atom is 0.150 e. The molecule has 190 valence electrons. The number of nitrogens with zero attached hydrogens (tertiary/aromatic N) is 3. The Morgan fingerprint density at radius 1 is 0.658 bits per heavy atom. The Kier molecular flexibility index (Phi) is 7.46. The molecule has 0 fully saturated rings. The Morgan fingerprint density at radius 3 is 1.68 bits per heavy atom. The minimum absolute atomic E-state index is 0.315. The summed E-state index contributed by atoms with van der Waals surface area (Å²) in [4.78, 5) is 10.9. The summed E-state index contributed by atoms with van der Waals surface area (Å²) >= 11 is 0. The summed E-state index contributed by atoms with van der Waals surface area (Å²) in [6.45, 7) is 0.679. The SMILES string of the molecule is N#Cc1ccc2c(c1)c1ccccc1n2CCCF.O=Cc1ccc2c(c1)c1ccccc1n2CCCF. The third kappa shape index (κ3) is 4.64. The molecule has 0 amide bonds. The Hall–Kier alpha value is -4.50. The molecular formula is C32H27F2N3O. The number of aromatic nitrogens is 2. The molecule has 38 heavy (non-hydrogen) atoms. The van der Waals surface area contributed by atoms with Crippen molar-refractivity contribution in [2.45, 2.75) is 25.9 Å². The van der Waals surface area contributed by atoms with E-state index in [1.165, 1.54) is 0 Å². The van der Waals surface area contributed by atoms with Gasteiger partial charge in [-0.15, -0.1) is 0 Å². The van der Waals surface area contributed by atoms with Crippen molar-refractivity contribution < 1.29 is 13.6 Å². The molecule has 6 heteroatoms. The second-order valence-corrected chi connectivity index (χ2v) is 9.16. The summed E-state index contributed by atoms with van der Waals surface area (Å²) in [6.07, 6.45) is 1.87. The van der Waals surface area contributed by atoms with Crippen molar-refractivity contribution in [3.63, 3.8) is 0 Å². The highest BCUT2D eigenvalue weighted by Gasteiger charge is 2.11. The third-order valence-electron chi connectivity index (χ3n) is 6.86. The number of carbonyl (C=O) groups excluding carboxylic acids is 1. The van der Waals surface area contributed by atoms with Gasteiger partial charge in [-0.1, -0.05) is 36.4 Å². The highest BCUT2D eigenvalue weighted by molar-refractivity contribution is 6.09. The van der Waals surface area contributed by atoms with Gasteiger partial charge in [0.1, 0.15) is 6.29 Å². The molecule has 4 aromatic carbocycles. The van der Waals surface area contributed by atoms with Crippen molar-refractivity contribution in [3.05, 3.63) is 96.1 Å². The normalized spacial score (nSPS) is 11.1. The molecular weight excluding hydrogens is 480 g/mol. The number of halogens is 2. The minimum Gasteiger partial charge on any atom is -0.340 e. The number of aldehydes is 1. The smallest absolute Gasteiger partial charge is 0.150 e. The van der Waals surface area contributed by atoms with Crippen molar-refractivity contribution in [2.24, 2.45) is 0 Å². The number of rotatable bonds is 7. The van der Waals surface area contributed by atoms with Gasteiger partial charge in [-0.2, -0.15) is 5.26 Å². The molecule has 2 heterocycles. The summed E-state index contributed by atoms with van der Waals surface area (Å²) < 4.78 is 29.1. The number of hydrogen-bond acceptors (Lipinski definition) is 2. The van der Waals surface area contributed by atoms with E-state index in [9.17, 15) is 13.6 Å². The van der Waals surface area contributed by atoms with E-state index in [1.54, 1.807) is 6.07 Å². The van der Waals surface area contributed by atoms with Gasteiger partial charge < -0.3 is 9.13 Å². The maximum absolute atomic E-state index is 12.4. The molecule has 0 aliphatic carbocycles.